The number of anilines is 1. The Bertz CT molecular complexity index is 1620. The van der Waals surface area contributed by atoms with Crippen molar-refractivity contribution in [1.82, 2.24) is 14.8 Å². The second-order valence-electron chi connectivity index (χ2n) is 8.97. The SMILES string of the molecule is CC1CSC(=NN=Cc2ccc(-c3ncn(-c4ccc(OC(F)(F)F)cc4)n3)cc2)N1c1c(F)cccc1C(F)(F)F. The fourth-order valence-electron chi connectivity index (χ4n) is 4.09. The Kier molecular flexibility index (Phi) is 7.95. The monoisotopic (exact) mass is 608 g/mol. The van der Waals surface area contributed by atoms with Gasteiger partial charge in [0.2, 0.25) is 0 Å². The number of nitrogens with zero attached hydrogens (tertiary/aromatic N) is 6. The summed E-state index contributed by atoms with van der Waals surface area (Å²) in [6.45, 7) is 1.68. The van der Waals surface area contributed by atoms with Crippen LogP contribution in [0.25, 0.3) is 17.1 Å². The van der Waals surface area contributed by atoms with Gasteiger partial charge < -0.3 is 9.64 Å². The van der Waals surface area contributed by atoms with Crippen molar-refractivity contribution in [1.29, 1.82) is 0 Å². The third-order valence-corrected chi connectivity index (χ3v) is 7.16. The number of benzene rings is 3. The van der Waals surface area contributed by atoms with Crippen LogP contribution >= 0.6 is 11.8 Å². The highest BCUT2D eigenvalue weighted by molar-refractivity contribution is 8.14. The van der Waals surface area contributed by atoms with Crippen LogP contribution in [0.1, 0.15) is 18.1 Å². The van der Waals surface area contributed by atoms with E-state index in [0.29, 0.717) is 28.4 Å². The Morgan fingerprint density at radius 3 is 2.36 bits per heavy atom. The van der Waals surface area contributed by atoms with E-state index in [1.807, 2.05) is 0 Å². The van der Waals surface area contributed by atoms with Crippen molar-refractivity contribution in [2.75, 3.05) is 10.7 Å². The first-order valence-corrected chi connectivity index (χ1v) is 13.1. The molecule has 15 heteroatoms. The van der Waals surface area contributed by atoms with Gasteiger partial charge in [-0.25, -0.2) is 14.1 Å². The number of hydrogen-bond acceptors (Lipinski definition) is 6. The highest BCUT2D eigenvalue weighted by Crippen LogP contribution is 2.42. The third-order valence-electron chi connectivity index (χ3n) is 5.98. The number of amidine groups is 1. The number of halogens is 7. The van der Waals surface area contributed by atoms with Gasteiger partial charge in [0.15, 0.2) is 11.0 Å². The second kappa shape index (κ2) is 11.5. The van der Waals surface area contributed by atoms with E-state index in [0.717, 1.165) is 30.3 Å². The molecule has 1 aliphatic rings. The average molecular weight is 609 g/mol. The number of rotatable bonds is 6. The van der Waals surface area contributed by atoms with Crippen LogP contribution in [-0.4, -0.2) is 44.3 Å². The minimum Gasteiger partial charge on any atom is -0.406 e. The Balaban J connectivity index is 1.30. The number of alkyl halides is 6. The molecule has 0 saturated carbocycles. The summed E-state index contributed by atoms with van der Waals surface area (Å²) in [5, 5.41) is 12.6. The zero-order chi connectivity index (χ0) is 30.1. The van der Waals surface area contributed by atoms with E-state index in [1.165, 1.54) is 46.0 Å². The van der Waals surface area contributed by atoms with Gasteiger partial charge >= 0.3 is 12.5 Å². The van der Waals surface area contributed by atoms with Gasteiger partial charge in [0.05, 0.1) is 23.2 Å². The van der Waals surface area contributed by atoms with Crippen LogP contribution < -0.4 is 9.64 Å². The molecular weight excluding hydrogens is 589 g/mol. The predicted molar refractivity (Wildman–Crippen MR) is 144 cm³/mol. The molecular formula is C27H19F7N6OS. The molecule has 3 aromatic carbocycles. The zero-order valence-corrected chi connectivity index (χ0v) is 22.3. The largest absolute Gasteiger partial charge is 0.573 e. The molecule has 0 N–H and O–H groups in total. The van der Waals surface area contributed by atoms with E-state index in [-0.39, 0.29) is 10.9 Å². The first kappa shape index (κ1) is 29.1. The molecule has 2 heterocycles. The normalized spacial score (nSPS) is 17.0. The summed E-state index contributed by atoms with van der Waals surface area (Å²) < 4.78 is 97.8. The number of para-hydroxylation sites is 1. The van der Waals surface area contributed by atoms with Crippen LogP contribution in [0, 0.1) is 5.82 Å². The minimum atomic E-state index is -4.79. The number of thioether (sulfide) groups is 1. The van der Waals surface area contributed by atoms with E-state index in [4.69, 9.17) is 0 Å². The van der Waals surface area contributed by atoms with Crippen LogP contribution in [0.4, 0.5) is 36.4 Å². The van der Waals surface area contributed by atoms with Crippen LogP contribution in [0.2, 0.25) is 0 Å². The van der Waals surface area contributed by atoms with E-state index in [9.17, 15) is 30.7 Å². The van der Waals surface area contributed by atoms with Gasteiger partial charge in [0, 0.05) is 17.4 Å². The first-order valence-electron chi connectivity index (χ1n) is 12.2. The molecule has 1 unspecified atom stereocenters. The lowest BCUT2D eigenvalue weighted by Gasteiger charge is -2.26. The van der Waals surface area contributed by atoms with Crippen molar-refractivity contribution in [2.45, 2.75) is 25.5 Å². The van der Waals surface area contributed by atoms with Crippen molar-refractivity contribution >= 4 is 28.8 Å². The Hall–Kier alpha value is -4.40. The van der Waals surface area contributed by atoms with Crippen molar-refractivity contribution in [3.05, 3.63) is 90.0 Å². The van der Waals surface area contributed by atoms with Crippen LogP contribution in [0.5, 0.6) is 5.75 Å². The lowest BCUT2D eigenvalue weighted by atomic mass is 10.1. The van der Waals surface area contributed by atoms with Gasteiger partial charge in [-0.1, -0.05) is 42.1 Å². The molecule has 1 aromatic heterocycles. The zero-order valence-electron chi connectivity index (χ0n) is 21.4. The molecule has 4 aromatic rings. The number of hydrogen-bond donors (Lipinski definition) is 0. The molecule has 7 nitrogen and oxygen atoms in total. The lowest BCUT2D eigenvalue weighted by Crippen LogP contribution is -2.34. The van der Waals surface area contributed by atoms with Gasteiger partial charge in [0.1, 0.15) is 17.9 Å². The molecule has 1 atom stereocenters. The molecule has 5 rings (SSSR count). The minimum absolute atomic E-state index is 0.138. The molecule has 0 radical (unpaired) electrons. The summed E-state index contributed by atoms with van der Waals surface area (Å²) in [6.07, 6.45) is -6.73. The van der Waals surface area contributed by atoms with Crippen molar-refractivity contribution in [2.24, 2.45) is 10.2 Å². The first-order chi connectivity index (χ1) is 19.9. The quantitative estimate of drug-likeness (QED) is 0.130. The van der Waals surface area contributed by atoms with E-state index < -0.39 is 35.6 Å². The van der Waals surface area contributed by atoms with Crippen molar-refractivity contribution in [3.8, 4) is 22.8 Å². The summed E-state index contributed by atoms with van der Waals surface area (Å²) in [5.41, 5.74) is 0.0510. The standard InChI is InChI=1S/C27H19F7N6OS/c1-16-14-42-25(40(16)23-21(26(29,30)31)3-2-4-22(23)28)37-36-13-17-5-7-18(8-6-17)24-35-15-39(38-24)19-9-11-20(12-10-19)41-27(32,33)34/h2-13,15-16H,14H2,1H3. The third kappa shape index (κ3) is 6.56. The molecule has 0 bridgehead atoms. The fraction of sp³-hybridized carbons (Fsp3) is 0.185. The molecule has 0 spiro atoms. The fourth-order valence-corrected chi connectivity index (χ4v) is 5.15. The molecule has 0 amide bonds. The number of ether oxygens (including phenoxy) is 1. The molecule has 1 aliphatic heterocycles. The Morgan fingerprint density at radius 2 is 1.69 bits per heavy atom. The lowest BCUT2D eigenvalue weighted by molar-refractivity contribution is -0.274. The van der Waals surface area contributed by atoms with Gasteiger partial charge in [-0.2, -0.15) is 18.3 Å². The molecule has 1 saturated heterocycles. The predicted octanol–water partition coefficient (Wildman–Crippen LogP) is 7.32. The van der Waals surface area contributed by atoms with Gasteiger partial charge in [-0.3, -0.25) is 0 Å². The van der Waals surface area contributed by atoms with Crippen molar-refractivity contribution < 1.29 is 35.5 Å². The van der Waals surface area contributed by atoms with Gasteiger partial charge in [0.25, 0.3) is 0 Å². The molecule has 0 aliphatic carbocycles. The second-order valence-corrected chi connectivity index (χ2v) is 9.95. The maximum Gasteiger partial charge on any atom is 0.573 e. The maximum absolute atomic E-state index is 14.6. The maximum atomic E-state index is 14.6. The Morgan fingerprint density at radius 1 is 0.976 bits per heavy atom. The smallest absolute Gasteiger partial charge is 0.406 e. The van der Waals surface area contributed by atoms with E-state index in [1.54, 1.807) is 31.2 Å². The average Bonchev–Trinajstić information content (AvgIpc) is 3.55. The summed E-state index contributed by atoms with van der Waals surface area (Å²) in [4.78, 5) is 5.44. The highest BCUT2D eigenvalue weighted by Gasteiger charge is 2.40. The number of aromatic nitrogens is 3. The highest BCUT2D eigenvalue weighted by atomic mass is 32.2. The van der Waals surface area contributed by atoms with Gasteiger partial charge in [-0.15, -0.1) is 23.4 Å². The van der Waals surface area contributed by atoms with Crippen LogP contribution in [0.3, 0.4) is 0 Å². The summed E-state index contributed by atoms with van der Waals surface area (Å²) in [5.74, 6) is -0.609. The van der Waals surface area contributed by atoms with Crippen LogP contribution in [0.15, 0.2) is 83.3 Å². The summed E-state index contributed by atoms with van der Waals surface area (Å²) in [6, 6.07) is 14.3. The van der Waals surface area contributed by atoms with Gasteiger partial charge in [-0.05, 0) is 48.9 Å². The molecule has 218 valence electrons. The van der Waals surface area contributed by atoms with Crippen LogP contribution in [-0.2, 0) is 6.18 Å². The summed E-state index contributed by atoms with van der Waals surface area (Å²) in [7, 11) is 0. The Labute approximate surface area is 238 Å². The molecule has 42 heavy (non-hydrogen) atoms. The van der Waals surface area contributed by atoms with E-state index in [2.05, 4.69) is 25.0 Å². The topological polar surface area (TPSA) is 67.9 Å². The molecule has 1 fully saturated rings. The summed E-state index contributed by atoms with van der Waals surface area (Å²) >= 11 is 1.17. The van der Waals surface area contributed by atoms with Crippen molar-refractivity contribution in [3.63, 3.8) is 0 Å². The van der Waals surface area contributed by atoms with E-state index >= 15 is 0 Å².